The van der Waals surface area contributed by atoms with Gasteiger partial charge in [-0.15, -0.1) is 0 Å². The molecule has 6 nitrogen and oxygen atoms in total. The SMILES string of the molecule is CS(=O)(=O)c1c(C(=O)N/N=C\c2ccc(Cl)cc2)[nH]c2ccccc12. The van der Waals surface area contributed by atoms with Gasteiger partial charge in [-0.25, -0.2) is 13.8 Å². The molecule has 0 bridgehead atoms. The molecule has 0 aliphatic carbocycles. The van der Waals surface area contributed by atoms with E-state index < -0.39 is 15.7 Å². The molecular formula is C17H14ClN3O3S. The summed E-state index contributed by atoms with van der Waals surface area (Å²) in [7, 11) is -3.60. The molecule has 0 saturated heterocycles. The van der Waals surface area contributed by atoms with Crippen LogP contribution in [0.5, 0.6) is 0 Å². The molecule has 3 aromatic rings. The maximum atomic E-state index is 12.4. The highest BCUT2D eigenvalue weighted by molar-refractivity contribution is 7.91. The van der Waals surface area contributed by atoms with E-state index in [0.29, 0.717) is 15.9 Å². The molecule has 0 unspecified atom stereocenters. The van der Waals surface area contributed by atoms with Gasteiger partial charge in [-0.2, -0.15) is 5.10 Å². The highest BCUT2D eigenvalue weighted by Gasteiger charge is 2.24. The van der Waals surface area contributed by atoms with Gasteiger partial charge in [0.05, 0.1) is 6.21 Å². The summed E-state index contributed by atoms with van der Waals surface area (Å²) in [6, 6.07) is 13.7. The van der Waals surface area contributed by atoms with E-state index in [0.717, 1.165) is 11.8 Å². The van der Waals surface area contributed by atoms with E-state index in [4.69, 9.17) is 11.6 Å². The van der Waals surface area contributed by atoms with Crippen molar-refractivity contribution in [2.75, 3.05) is 6.26 Å². The number of para-hydroxylation sites is 1. The molecule has 8 heteroatoms. The Kier molecular flexibility index (Phi) is 4.61. The van der Waals surface area contributed by atoms with Gasteiger partial charge in [-0.3, -0.25) is 4.79 Å². The molecule has 0 saturated carbocycles. The number of hydrogen-bond donors (Lipinski definition) is 2. The van der Waals surface area contributed by atoms with Crippen molar-refractivity contribution in [3.05, 3.63) is 64.8 Å². The van der Waals surface area contributed by atoms with E-state index in [1.54, 1.807) is 48.5 Å². The molecule has 0 radical (unpaired) electrons. The summed E-state index contributed by atoms with van der Waals surface area (Å²) in [5.74, 6) is -0.637. The van der Waals surface area contributed by atoms with Crippen LogP contribution in [-0.2, 0) is 9.84 Å². The molecule has 2 aromatic carbocycles. The van der Waals surface area contributed by atoms with E-state index in [9.17, 15) is 13.2 Å². The van der Waals surface area contributed by atoms with E-state index in [-0.39, 0.29) is 10.6 Å². The molecule has 0 spiro atoms. The molecule has 1 amide bonds. The van der Waals surface area contributed by atoms with Crippen molar-refractivity contribution in [1.82, 2.24) is 10.4 Å². The fourth-order valence-corrected chi connectivity index (χ4v) is 3.65. The van der Waals surface area contributed by atoms with Crippen LogP contribution in [0.25, 0.3) is 10.9 Å². The third kappa shape index (κ3) is 3.72. The largest absolute Gasteiger partial charge is 0.349 e. The van der Waals surface area contributed by atoms with Gasteiger partial charge >= 0.3 is 0 Å². The predicted octanol–water partition coefficient (Wildman–Crippen LogP) is 2.99. The lowest BCUT2D eigenvalue weighted by atomic mass is 10.2. The van der Waals surface area contributed by atoms with Gasteiger partial charge in [0.2, 0.25) is 0 Å². The van der Waals surface area contributed by atoms with Crippen LogP contribution in [0, 0.1) is 0 Å². The second-order valence-corrected chi connectivity index (χ2v) is 7.79. The Labute approximate surface area is 149 Å². The molecule has 0 atom stereocenters. The molecule has 0 fully saturated rings. The highest BCUT2D eigenvalue weighted by atomic mass is 35.5. The van der Waals surface area contributed by atoms with Crippen molar-refractivity contribution in [2.45, 2.75) is 4.90 Å². The minimum Gasteiger partial charge on any atom is -0.349 e. The van der Waals surface area contributed by atoms with Gasteiger partial charge in [0.25, 0.3) is 5.91 Å². The molecule has 1 heterocycles. The third-order valence-corrected chi connectivity index (χ3v) is 4.92. The standard InChI is InChI=1S/C17H14ClN3O3S/c1-25(23,24)16-13-4-2-3-5-14(13)20-15(16)17(22)21-19-10-11-6-8-12(18)9-7-11/h2-10,20H,1H3,(H,21,22)/b19-10-. The Morgan fingerprint density at radius 3 is 2.52 bits per heavy atom. The normalized spacial score (nSPS) is 11.9. The first-order valence-corrected chi connectivity index (χ1v) is 9.53. The topological polar surface area (TPSA) is 91.4 Å². The summed E-state index contributed by atoms with van der Waals surface area (Å²) >= 11 is 5.80. The van der Waals surface area contributed by atoms with E-state index in [2.05, 4.69) is 15.5 Å². The summed E-state index contributed by atoms with van der Waals surface area (Å²) in [5, 5.41) is 4.92. The molecule has 3 rings (SSSR count). The van der Waals surface area contributed by atoms with E-state index in [1.807, 2.05) is 0 Å². The summed E-state index contributed by atoms with van der Waals surface area (Å²) in [4.78, 5) is 15.2. The van der Waals surface area contributed by atoms with Gasteiger partial charge < -0.3 is 4.98 Å². The monoisotopic (exact) mass is 375 g/mol. The first kappa shape index (κ1) is 17.2. The fourth-order valence-electron chi connectivity index (χ4n) is 2.43. The average molecular weight is 376 g/mol. The van der Waals surface area contributed by atoms with Crippen LogP contribution in [0.3, 0.4) is 0 Å². The lowest BCUT2D eigenvalue weighted by Gasteiger charge is -2.01. The number of amides is 1. The van der Waals surface area contributed by atoms with Crippen LogP contribution in [-0.4, -0.2) is 31.8 Å². The molecule has 2 N–H and O–H groups in total. The van der Waals surface area contributed by atoms with Crippen molar-refractivity contribution < 1.29 is 13.2 Å². The number of halogens is 1. The Hall–Kier alpha value is -2.64. The van der Waals surface area contributed by atoms with Crippen molar-refractivity contribution in [2.24, 2.45) is 5.10 Å². The molecule has 25 heavy (non-hydrogen) atoms. The number of carbonyl (C=O) groups is 1. The molecule has 128 valence electrons. The number of nitrogens with zero attached hydrogens (tertiary/aromatic N) is 1. The number of aromatic nitrogens is 1. The highest BCUT2D eigenvalue weighted by Crippen LogP contribution is 2.26. The third-order valence-electron chi connectivity index (χ3n) is 3.51. The first-order chi connectivity index (χ1) is 11.9. The number of hydrazone groups is 1. The van der Waals surface area contributed by atoms with Crippen molar-refractivity contribution >= 4 is 44.5 Å². The lowest BCUT2D eigenvalue weighted by Crippen LogP contribution is -2.20. The smallest absolute Gasteiger partial charge is 0.289 e. The Balaban J connectivity index is 1.91. The zero-order chi connectivity index (χ0) is 18.0. The van der Waals surface area contributed by atoms with Crippen molar-refractivity contribution in [3.63, 3.8) is 0 Å². The second-order valence-electron chi connectivity index (χ2n) is 5.40. The Bertz CT molecular complexity index is 1070. The van der Waals surface area contributed by atoms with Gasteiger partial charge in [-0.1, -0.05) is 41.9 Å². The number of hydrogen-bond acceptors (Lipinski definition) is 4. The fraction of sp³-hybridized carbons (Fsp3) is 0.0588. The number of carbonyl (C=O) groups excluding carboxylic acids is 1. The van der Waals surface area contributed by atoms with Gasteiger partial charge in [0.1, 0.15) is 10.6 Å². The van der Waals surface area contributed by atoms with Crippen LogP contribution in [0.4, 0.5) is 0 Å². The maximum absolute atomic E-state index is 12.4. The minimum atomic E-state index is -3.60. The number of nitrogens with one attached hydrogen (secondary N) is 2. The number of aromatic amines is 1. The van der Waals surface area contributed by atoms with Crippen molar-refractivity contribution in [3.8, 4) is 0 Å². The number of rotatable bonds is 4. The zero-order valence-electron chi connectivity index (χ0n) is 13.2. The molecular weight excluding hydrogens is 362 g/mol. The lowest BCUT2D eigenvalue weighted by molar-refractivity contribution is 0.0947. The number of sulfone groups is 1. The maximum Gasteiger partial charge on any atom is 0.289 e. The molecule has 0 aliphatic rings. The summed E-state index contributed by atoms with van der Waals surface area (Å²) in [6.45, 7) is 0. The Morgan fingerprint density at radius 1 is 1.16 bits per heavy atom. The summed E-state index contributed by atoms with van der Waals surface area (Å²) < 4.78 is 24.2. The Morgan fingerprint density at radius 2 is 1.84 bits per heavy atom. The summed E-state index contributed by atoms with van der Waals surface area (Å²) in [6.07, 6.45) is 2.51. The first-order valence-electron chi connectivity index (χ1n) is 7.26. The average Bonchev–Trinajstić information content (AvgIpc) is 2.96. The number of H-pyrrole nitrogens is 1. The van der Waals surface area contributed by atoms with Crippen LogP contribution in [0.15, 0.2) is 58.5 Å². The van der Waals surface area contributed by atoms with Crippen LogP contribution >= 0.6 is 11.6 Å². The van der Waals surface area contributed by atoms with E-state index >= 15 is 0 Å². The summed E-state index contributed by atoms with van der Waals surface area (Å²) in [5.41, 5.74) is 3.60. The van der Waals surface area contributed by atoms with Gasteiger partial charge in [-0.05, 0) is 23.8 Å². The zero-order valence-corrected chi connectivity index (χ0v) is 14.7. The molecule has 0 aliphatic heterocycles. The second kappa shape index (κ2) is 6.70. The van der Waals surface area contributed by atoms with Gasteiger partial charge in [0.15, 0.2) is 9.84 Å². The van der Waals surface area contributed by atoms with Crippen LogP contribution in [0.2, 0.25) is 5.02 Å². The quantitative estimate of drug-likeness (QED) is 0.542. The number of fused-ring (bicyclic) bond motifs is 1. The van der Waals surface area contributed by atoms with Crippen LogP contribution < -0.4 is 5.43 Å². The van der Waals surface area contributed by atoms with Gasteiger partial charge in [0, 0.05) is 22.2 Å². The minimum absolute atomic E-state index is 0.0395. The predicted molar refractivity (Wildman–Crippen MR) is 97.9 cm³/mol. The molecule has 1 aromatic heterocycles. The van der Waals surface area contributed by atoms with Crippen molar-refractivity contribution in [1.29, 1.82) is 0 Å². The van der Waals surface area contributed by atoms with Crippen LogP contribution in [0.1, 0.15) is 16.1 Å². The number of benzene rings is 2. The van der Waals surface area contributed by atoms with E-state index in [1.165, 1.54) is 6.21 Å².